The first-order chi connectivity index (χ1) is 13.2. The highest BCUT2D eigenvalue weighted by molar-refractivity contribution is 5.88. The summed E-state index contributed by atoms with van der Waals surface area (Å²) in [6.07, 6.45) is 6.15. The SMILES string of the molecule is CN(Cc1cnn(Cc2ccccc2)c1)C(=O)Cc1c[nH]c2ccccc12. The van der Waals surface area contributed by atoms with E-state index in [1.165, 1.54) is 5.56 Å². The minimum atomic E-state index is 0.0931. The number of rotatable bonds is 6. The van der Waals surface area contributed by atoms with E-state index < -0.39 is 0 Å². The number of para-hydroxylation sites is 1. The topological polar surface area (TPSA) is 53.9 Å². The number of nitrogens with zero attached hydrogens (tertiary/aromatic N) is 3. The standard InChI is InChI=1S/C22H22N4O/c1-25(22(27)11-19-13-23-21-10-6-5-9-20(19)21)14-18-12-24-26(16-18)15-17-7-3-2-4-8-17/h2-10,12-13,16,23H,11,14-15H2,1H3. The first-order valence-corrected chi connectivity index (χ1v) is 9.03. The maximum absolute atomic E-state index is 12.6. The number of carbonyl (C=O) groups excluding carboxylic acids is 1. The summed E-state index contributed by atoms with van der Waals surface area (Å²) in [6, 6.07) is 18.3. The number of nitrogens with one attached hydrogen (secondary N) is 1. The molecule has 0 unspecified atom stereocenters. The van der Waals surface area contributed by atoms with Crippen LogP contribution < -0.4 is 0 Å². The van der Waals surface area contributed by atoms with E-state index in [0.717, 1.165) is 28.6 Å². The third kappa shape index (κ3) is 3.92. The van der Waals surface area contributed by atoms with Gasteiger partial charge in [0.25, 0.3) is 0 Å². The molecule has 136 valence electrons. The minimum Gasteiger partial charge on any atom is -0.361 e. The number of H-pyrrole nitrogens is 1. The van der Waals surface area contributed by atoms with Gasteiger partial charge in [-0.1, -0.05) is 48.5 Å². The van der Waals surface area contributed by atoms with Crippen LogP contribution in [-0.4, -0.2) is 32.6 Å². The Kier molecular flexibility index (Phi) is 4.75. The predicted molar refractivity (Wildman–Crippen MR) is 106 cm³/mol. The van der Waals surface area contributed by atoms with Crippen LogP contribution in [0.1, 0.15) is 16.7 Å². The lowest BCUT2D eigenvalue weighted by atomic mass is 10.1. The third-order valence-electron chi connectivity index (χ3n) is 4.74. The second-order valence-corrected chi connectivity index (χ2v) is 6.82. The molecule has 0 saturated carbocycles. The molecule has 4 aromatic rings. The Hall–Kier alpha value is -3.34. The predicted octanol–water partition coefficient (Wildman–Crippen LogP) is 3.61. The molecule has 27 heavy (non-hydrogen) atoms. The molecule has 2 aromatic heterocycles. The number of hydrogen-bond donors (Lipinski definition) is 1. The van der Waals surface area contributed by atoms with Gasteiger partial charge >= 0.3 is 0 Å². The number of benzene rings is 2. The lowest BCUT2D eigenvalue weighted by Gasteiger charge is -2.16. The molecule has 0 radical (unpaired) electrons. The lowest BCUT2D eigenvalue weighted by molar-refractivity contribution is -0.129. The molecule has 0 saturated heterocycles. The van der Waals surface area contributed by atoms with Gasteiger partial charge in [0.05, 0.1) is 19.2 Å². The number of fused-ring (bicyclic) bond motifs is 1. The van der Waals surface area contributed by atoms with Crippen molar-refractivity contribution in [3.63, 3.8) is 0 Å². The van der Waals surface area contributed by atoms with Crippen molar-refractivity contribution in [3.05, 3.63) is 89.9 Å². The lowest BCUT2D eigenvalue weighted by Crippen LogP contribution is -2.27. The highest BCUT2D eigenvalue weighted by atomic mass is 16.2. The fourth-order valence-corrected chi connectivity index (χ4v) is 3.28. The van der Waals surface area contributed by atoms with Crippen molar-refractivity contribution in [1.29, 1.82) is 0 Å². The number of amides is 1. The van der Waals surface area contributed by atoms with Crippen molar-refractivity contribution < 1.29 is 4.79 Å². The molecule has 1 amide bonds. The van der Waals surface area contributed by atoms with Crippen LogP contribution >= 0.6 is 0 Å². The van der Waals surface area contributed by atoms with Crippen molar-refractivity contribution in [3.8, 4) is 0 Å². The van der Waals surface area contributed by atoms with Crippen LogP contribution in [0, 0.1) is 0 Å². The van der Waals surface area contributed by atoms with Gasteiger partial charge in [-0.15, -0.1) is 0 Å². The summed E-state index contributed by atoms with van der Waals surface area (Å²) >= 11 is 0. The first-order valence-electron chi connectivity index (χ1n) is 9.03. The molecule has 0 spiro atoms. The highest BCUT2D eigenvalue weighted by Gasteiger charge is 2.14. The second-order valence-electron chi connectivity index (χ2n) is 6.82. The van der Waals surface area contributed by atoms with E-state index in [1.54, 1.807) is 4.90 Å². The average Bonchev–Trinajstić information content (AvgIpc) is 3.30. The van der Waals surface area contributed by atoms with E-state index in [-0.39, 0.29) is 5.91 Å². The number of carbonyl (C=O) groups is 1. The maximum Gasteiger partial charge on any atom is 0.227 e. The molecule has 0 fully saturated rings. The van der Waals surface area contributed by atoms with Crippen LogP contribution in [0.3, 0.4) is 0 Å². The quantitative estimate of drug-likeness (QED) is 0.572. The summed E-state index contributed by atoms with van der Waals surface area (Å²) < 4.78 is 1.91. The van der Waals surface area contributed by atoms with Crippen LogP contribution in [0.4, 0.5) is 0 Å². The second kappa shape index (κ2) is 7.50. The summed E-state index contributed by atoms with van der Waals surface area (Å²) in [5.74, 6) is 0.0931. The first kappa shape index (κ1) is 17.1. The Labute approximate surface area is 158 Å². The molecular weight excluding hydrogens is 336 g/mol. The van der Waals surface area contributed by atoms with E-state index in [2.05, 4.69) is 22.2 Å². The Morgan fingerprint density at radius 3 is 2.70 bits per heavy atom. The zero-order valence-corrected chi connectivity index (χ0v) is 15.3. The summed E-state index contributed by atoms with van der Waals surface area (Å²) in [5.41, 5.74) is 4.32. The fraction of sp³-hybridized carbons (Fsp3) is 0.182. The Bertz CT molecular complexity index is 1050. The van der Waals surface area contributed by atoms with Crippen LogP contribution in [0.2, 0.25) is 0 Å². The Morgan fingerprint density at radius 1 is 1.07 bits per heavy atom. The molecule has 2 aromatic carbocycles. The van der Waals surface area contributed by atoms with E-state index in [0.29, 0.717) is 13.0 Å². The van der Waals surface area contributed by atoms with Gasteiger partial charge in [-0.2, -0.15) is 5.10 Å². The summed E-state index contributed by atoms with van der Waals surface area (Å²) in [5, 5.41) is 5.52. The summed E-state index contributed by atoms with van der Waals surface area (Å²) in [6.45, 7) is 1.28. The Balaban J connectivity index is 1.38. The molecule has 0 atom stereocenters. The van der Waals surface area contributed by atoms with Crippen molar-refractivity contribution in [2.75, 3.05) is 7.05 Å². The molecule has 5 nitrogen and oxygen atoms in total. The number of aromatic amines is 1. The molecule has 0 aliphatic rings. The van der Waals surface area contributed by atoms with Crippen LogP contribution in [0.5, 0.6) is 0 Å². The Morgan fingerprint density at radius 2 is 1.85 bits per heavy atom. The van der Waals surface area contributed by atoms with Gasteiger partial charge in [0.1, 0.15) is 0 Å². The third-order valence-corrected chi connectivity index (χ3v) is 4.74. The van der Waals surface area contributed by atoms with Crippen molar-refractivity contribution in [2.45, 2.75) is 19.5 Å². The van der Waals surface area contributed by atoms with Crippen molar-refractivity contribution >= 4 is 16.8 Å². The van der Waals surface area contributed by atoms with E-state index in [4.69, 9.17) is 0 Å². The minimum absolute atomic E-state index is 0.0931. The van der Waals surface area contributed by atoms with Crippen LogP contribution in [-0.2, 0) is 24.3 Å². The molecule has 2 heterocycles. The molecule has 1 N–H and O–H groups in total. The van der Waals surface area contributed by atoms with Gasteiger partial charge in [0.15, 0.2) is 0 Å². The maximum atomic E-state index is 12.6. The zero-order chi connectivity index (χ0) is 18.6. The average molecular weight is 358 g/mol. The van der Waals surface area contributed by atoms with E-state index in [9.17, 15) is 4.79 Å². The monoisotopic (exact) mass is 358 g/mol. The largest absolute Gasteiger partial charge is 0.361 e. The number of likely N-dealkylation sites (N-methyl/N-ethyl adjacent to an activating group) is 1. The summed E-state index contributed by atoms with van der Waals surface area (Å²) in [7, 11) is 1.84. The van der Waals surface area contributed by atoms with E-state index in [1.807, 2.05) is 72.8 Å². The molecule has 4 rings (SSSR count). The van der Waals surface area contributed by atoms with Gasteiger partial charge in [-0.3, -0.25) is 9.48 Å². The van der Waals surface area contributed by atoms with Gasteiger partial charge < -0.3 is 9.88 Å². The molecular formula is C22H22N4O. The van der Waals surface area contributed by atoms with Crippen molar-refractivity contribution in [2.24, 2.45) is 0 Å². The van der Waals surface area contributed by atoms with Crippen LogP contribution in [0.15, 0.2) is 73.2 Å². The van der Waals surface area contributed by atoms with Gasteiger partial charge in [-0.25, -0.2) is 0 Å². The van der Waals surface area contributed by atoms with Gasteiger partial charge in [-0.05, 0) is 17.2 Å². The molecule has 0 aliphatic carbocycles. The number of hydrogen-bond acceptors (Lipinski definition) is 2. The molecule has 0 bridgehead atoms. The van der Waals surface area contributed by atoms with Gasteiger partial charge in [0.2, 0.25) is 5.91 Å². The fourth-order valence-electron chi connectivity index (χ4n) is 3.28. The van der Waals surface area contributed by atoms with Crippen molar-refractivity contribution in [1.82, 2.24) is 19.7 Å². The normalized spacial score (nSPS) is 11.0. The van der Waals surface area contributed by atoms with Crippen LogP contribution in [0.25, 0.3) is 10.9 Å². The van der Waals surface area contributed by atoms with E-state index >= 15 is 0 Å². The molecule has 0 aliphatic heterocycles. The molecule has 5 heteroatoms. The zero-order valence-electron chi connectivity index (χ0n) is 15.3. The highest BCUT2D eigenvalue weighted by Crippen LogP contribution is 2.19. The number of aromatic nitrogens is 3. The smallest absolute Gasteiger partial charge is 0.227 e. The summed E-state index contributed by atoms with van der Waals surface area (Å²) in [4.78, 5) is 17.6. The van der Waals surface area contributed by atoms with Gasteiger partial charge in [0, 0.05) is 42.5 Å².